The van der Waals surface area contributed by atoms with E-state index in [4.69, 9.17) is 14.5 Å². The summed E-state index contributed by atoms with van der Waals surface area (Å²) in [5.41, 5.74) is 2.30. The number of carbonyl (C=O) groups excluding carboxylic acids is 1. The van der Waals surface area contributed by atoms with E-state index in [1.54, 1.807) is 25.3 Å². The minimum atomic E-state index is -0.990. The lowest BCUT2D eigenvalue weighted by Crippen LogP contribution is -2.36. The summed E-state index contributed by atoms with van der Waals surface area (Å²) in [6.45, 7) is 5.72. The van der Waals surface area contributed by atoms with Gasteiger partial charge in [0.1, 0.15) is 17.7 Å². The topological polar surface area (TPSA) is 79.8 Å². The summed E-state index contributed by atoms with van der Waals surface area (Å²) in [7, 11) is 1.89. The molecule has 2 aromatic carbocycles. The van der Waals surface area contributed by atoms with Crippen LogP contribution in [0.1, 0.15) is 35.4 Å². The fourth-order valence-corrected chi connectivity index (χ4v) is 4.69. The van der Waals surface area contributed by atoms with Gasteiger partial charge in [-0.05, 0) is 44.7 Å². The first kappa shape index (κ1) is 24.3. The fourth-order valence-electron chi connectivity index (χ4n) is 4.69. The van der Waals surface area contributed by atoms with Crippen LogP contribution < -0.4 is 15.0 Å². The largest absolute Gasteiger partial charge is 0.486 e. The third kappa shape index (κ3) is 4.96. The van der Waals surface area contributed by atoms with Crippen LogP contribution in [0.3, 0.4) is 0 Å². The lowest BCUT2D eigenvalue weighted by atomic mass is 10.0. The normalized spacial score (nSPS) is 19.1. The van der Waals surface area contributed by atoms with Gasteiger partial charge in [-0.25, -0.2) is 13.8 Å². The molecule has 0 radical (unpaired) electrons. The molecule has 2 saturated heterocycles. The zero-order valence-corrected chi connectivity index (χ0v) is 20.3. The van der Waals surface area contributed by atoms with Crippen LogP contribution in [-0.2, 0) is 4.74 Å². The van der Waals surface area contributed by atoms with Crippen LogP contribution in [0, 0.1) is 11.6 Å². The summed E-state index contributed by atoms with van der Waals surface area (Å²) in [6.07, 6.45) is 1.99. The molecule has 3 aromatic rings. The van der Waals surface area contributed by atoms with Gasteiger partial charge in [-0.15, -0.1) is 0 Å². The third-order valence-corrected chi connectivity index (χ3v) is 6.77. The molecule has 1 amide bonds. The second-order valence-corrected chi connectivity index (χ2v) is 9.12. The maximum Gasteiger partial charge on any atom is 0.253 e. The summed E-state index contributed by atoms with van der Waals surface area (Å²) in [4.78, 5) is 26.8. The van der Waals surface area contributed by atoms with Crippen LogP contribution in [0.2, 0.25) is 0 Å². The highest BCUT2D eigenvalue weighted by Gasteiger charge is 2.28. The van der Waals surface area contributed by atoms with E-state index < -0.39 is 17.7 Å². The molecule has 3 heterocycles. The van der Waals surface area contributed by atoms with Gasteiger partial charge < -0.3 is 24.6 Å². The molecule has 36 heavy (non-hydrogen) atoms. The average Bonchev–Trinajstić information content (AvgIpc) is 3.39. The lowest BCUT2D eigenvalue weighted by molar-refractivity contribution is 0.0789. The Morgan fingerprint density at radius 3 is 2.69 bits per heavy atom. The van der Waals surface area contributed by atoms with Gasteiger partial charge in [0.2, 0.25) is 0 Å². The maximum atomic E-state index is 13.8. The average molecular weight is 498 g/mol. The number of likely N-dealkylation sites (N-methyl/N-ethyl adjacent to an activating group) is 1. The van der Waals surface area contributed by atoms with E-state index in [0.29, 0.717) is 67.4 Å². The minimum absolute atomic E-state index is 0.0880. The number of nitrogens with one attached hydrogen (secondary N) is 1. The number of morpholine rings is 1. The Kier molecular flexibility index (Phi) is 6.97. The van der Waals surface area contributed by atoms with Crippen molar-refractivity contribution in [3.05, 3.63) is 59.3 Å². The quantitative estimate of drug-likeness (QED) is 0.560. The molecule has 5 rings (SSSR count). The zero-order chi connectivity index (χ0) is 25.2. The van der Waals surface area contributed by atoms with Gasteiger partial charge in [-0.3, -0.25) is 9.78 Å². The number of fused-ring (bicyclic) bond motifs is 1. The number of carbonyl (C=O) groups is 1. The molecule has 0 aliphatic carbocycles. The van der Waals surface area contributed by atoms with Crippen molar-refractivity contribution in [2.45, 2.75) is 25.5 Å². The van der Waals surface area contributed by atoms with E-state index >= 15 is 0 Å². The molecule has 8 nitrogen and oxygen atoms in total. The summed E-state index contributed by atoms with van der Waals surface area (Å²) in [5, 5.41) is 3.23. The molecule has 10 heteroatoms. The molecule has 2 aliphatic heterocycles. The van der Waals surface area contributed by atoms with Crippen LogP contribution >= 0.6 is 0 Å². The molecule has 0 spiro atoms. The van der Waals surface area contributed by atoms with Crippen molar-refractivity contribution in [1.29, 1.82) is 0 Å². The summed E-state index contributed by atoms with van der Waals surface area (Å²) in [5.74, 6) is -1.13. The fraction of sp³-hybridized carbons (Fsp3) is 0.423. The SMILES string of the molecule is CN[C@H]1CCN(C(=O)c2cc(C(C)Oc3ccc(F)c(F)c3)c3nc(N4CCOCC4)cnc3c2)C1. The summed E-state index contributed by atoms with van der Waals surface area (Å²) < 4.78 is 38.7. The van der Waals surface area contributed by atoms with Crippen molar-refractivity contribution in [2.24, 2.45) is 0 Å². The highest BCUT2D eigenvalue weighted by molar-refractivity contribution is 5.98. The molecule has 2 atom stereocenters. The Morgan fingerprint density at radius 1 is 1.17 bits per heavy atom. The minimum Gasteiger partial charge on any atom is -0.486 e. The highest BCUT2D eigenvalue weighted by atomic mass is 19.2. The van der Waals surface area contributed by atoms with E-state index in [9.17, 15) is 13.6 Å². The van der Waals surface area contributed by atoms with Crippen molar-refractivity contribution in [2.75, 3.05) is 51.3 Å². The number of aromatic nitrogens is 2. The van der Waals surface area contributed by atoms with E-state index in [1.807, 2.05) is 11.9 Å². The van der Waals surface area contributed by atoms with Crippen LogP contribution in [0.25, 0.3) is 11.0 Å². The first-order valence-electron chi connectivity index (χ1n) is 12.1. The second kappa shape index (κ2) is 10.3. The number of amides is 1. The highest BCUT2D eigenvalue weighted by Crippen LogP contribution is 2.31. The first-order valence-corrected chi connectivity index (χ1v) is 12.1. The van der Waals surface area contributed by atoms with Gasteiger partial charge in [0, 0.05) is 49.4 Å². The predicted octanol–water partition coefficient (Wildman–Crippen LogP) is 3.32. The molecular formula is C26H29F2N5O3. The number of hydrogen-bond donors (Lipinski definition) is 1. The van der Waals surface area contributed by atoms with Gasteiger partial charge >= 0.3 is 0 Å². The van der Waals surface area contributed by atoms with Crippen molar-refractivity contribution in [3.8, 4) is 5.75 Å². The van der Waals surface area contributed by atoms with Crippen LogP contribution in [0.15, 0.2) is 36.5 Å². The smallest absolute Gasteiger partial charge is 0.253 e. The number of ether oxygens (including phenoxy) is 2. The van der Waals surface area contributed by atoms with Crippen LogP contribution in [0.4, 0.5) is 14.6 Å². The Bertz CT molecular complexity index is 1270. The van der Waals surface area contributed by atoms with Gasteiger partial charge in [-0.2, -0.15) is 0 Å². The van der Waals surface area contributed by atoms with Crippen molar-refractivity contribution >= 4 is 22.8 Å². The van der Waals surface area contributed by atoms with E-state index in [-0.39, 0.29) is 17.7 Å². The molecule has 1 unspecified atom stereocenters. The Labute approximate surface area is 208 Å². The van der Waals surface area contributed by atoms with Crippen molar-refractivity contribution in [1.82, 2.24) is 20.2 Å². The molecular weight excluding hydrogens is 468 g/mol. The molecule has 2 aliphatic rings. The van der Waals surface area contributed by atoms with Crippen molar-refractivity contribution < 1.29 is 23.0 Å². The van der Waals surface area contributed by atoms with Gasteiger partial charge in [0.05, 0.1) is 30.4 Å². The summed E-state index contributed by atoms with van der Waals surface area (Å²) in [6, 6.07) is 7.21. The van der Waals surface area contributed by atoms with Crippen LogP contribution in [0.5, 0.6) is 5.75 Å². The van der Waals surface area contributed by atoms with E-state index in [2.05, 4.69) is 15.2 Å². The molecule has 1 N–H and O–H groups in total. The number of likely N-dealkylation sites (tertiary alicyclic amines) is 1. The lowest BCUT2D eigenvalue weighted by Gasteiger charge is -2.28. The Hall–Kier alpha value is -3.37. The number of nitrogens with zero attached hydrogens (tertiary/aromatic N) is 4. The number of anilines is 1. The third-order valence-electron chi connectivity index (χ3n) is 6.77. The molecule has 2 fully saturated rings. The van der Waals surface area contributed by atoms with E-state index in [0.717, 1.165) is 18.6 Å². The van der Waals surface area contributed by atoms with Crippen molar-refractivity contribution in [3.63, 3.8) is 0 Å². The maximum absolute atomic E-state index is 13.8. The zero-order valence-electron chi connectivity index (χ0n) is 20.3. The Morgan fingerprint density at radius 2 is 1.97 bits per heavy atom. The molecule has 0 saturated carbocycles. The van der Waals surface area contributed by atoms with Gasteiger partial charge in [0.25, 0.3) is 5.91 Å². The van der Waals surface area contributed by atoms with Crippen LogP contribution in [-0.4, -0.2) is 73.3 Å². The molecule has 0 bridgehead atoms. The first-order chi connectivity index (χ1) is 17.4. The number of rotatable bonds is 6. The Balaban J connectivity index is 1.53. The van der Waals surface area contributed by atoms with Gasteiger partial charge in [0.15, 0.2) is 11.6 Å². The van der Waals surface area contributed by atoms with Gasteiger partial charge in [-0.1, -0.05) is 0 Å². The molecule has 1 aromatic heterocycles. The monoisotopic (exact) mass is 497 g/mol. The number of hydrogen-bond acceptors (Lipinski definition) is 7. The molecule has 190 valence electrons. The van der Waals surface area contributed by atoms with E-state index in [1.165, 1.54) is 6.07 Å². The summed E-state index contributed by atoms with van der Waals surface area (Å²) >= 11 is 0. The standard InChI is InChI=1S/C26H29F2N5O3/c1-16(36-19-3-4-21(27)22(28)13-19)20-11-17(26(34)33-6-5-18(15-33)29-2)12-23-25(20)31-24(14-30-23)32-7-9-35-10-8-32/h3-4,11-14,16,18,29H,5-10,15H2,1-2H3/t16?,18-/m0/s1. The number of benzene rings is 2. The predicted molar refractivity (Wildman–Crippen MR) is 131 cm³/mol. The second-order valence-electron chi connectivity index (χ2n) is 9.12. The number of halogens is 2.